The first-order valence-corrected chi connectivity index (χ1v) is 7.87. The van der Waals surface area contributed by atoms with Crippen LogP contribution in [0.1, 0.15) is 10.4 Å². The number of esters is 1. The van der Waals surface area contributed by atoms with Crippen molar-refractivity contribution in [3.8, 4) is 33.3 Å². The predicted molar refractivity (Wildman–Crippen MR) is 90.3 cm³/mol. The van der Waals surface area contributed by atoms with Gasteiger partial charge >= 0.3 is 5.97 Å². The summed E-state index contributed by atoms with van der Waals surface area (Å²) in [5.74, 6) is 0.138. The standard InChI is InChI=1S/C17H14N2O4S/c1-22-15-5-10(3-4-12(15)17(21)23-2)13-7-18-8-14(19-13)16-6-11(20)9-24-16/h3-9,20H,1-2H3. The van der Waals surface area contributed by atoms with Crippen molar-refractivity contribution in [3.63, 3.8) is 0 Å². The van der Waals surface area contributed by atoms with E-state index in [0.717, 1.165) is 10.4 Å². The second-order valence-electron chi connectivity index (χ2n) is 4.87. The van der Waals surface area contributed by atoms with E-state index in [0.29, 0.717) is 22.7 Å². The minimum absolute atomic E-state index is 0.200. The van der Waals surface area contributed by atoms with E-state index in [1.165, 1.54) is 25.6 Å². The summed E-state index contributed by atoms with van der Waals surface area (Å²) < 4.78 is 10.0. The number of hydrogen-bond acceptors (Lipinski definition) is 7. The summed E-state index contributed by atoms with van der Waals surface area (Å²) in [4.78, 5) is 21.3. The van der Waals surface area contributed by atoms with Crippen LogP contribution in [0.15, 0.2) is 42.0 Å². The van der Waals surface area contributed by atoms with Crippen molar-refractivity contribution in [2.24, 2.45) is 0 Å². The highest BCUT2D eigenvalue weighted by molar-refractivity contribution is 7.13. The van der Waals surface area contributed by atoms with Crippen LogP contribution in [0, 0.1) is 0 Å². The third kappa shape index (κ3) is 3.07. The van der Waals surface area contributed by atoms with Crippen molar-refractivity contribution in [1.82, 2.24) is 9.97 Å². The van der Waals surface area contributed by atoms with Gasteiger partial charge < -0.3 is 14.6 Å². The van der Waals surface area contributed by atoms with E-state index in [1.807, 2.05) is 0 Å². The fraction of sp³-hybridized carbons (Fsp3) is 0.118. The topological polar surface area (TPSA) is 81.5 Å². The summed E-state index contributed by atoms with van der Waals surface area (Å²) in [6, 6.07) is 6.74. The molecule has 0 aliphatic heterocycles. The Hall–Kier alpha value is -2.93. The van der Waals surface area contributed by atoms with Crippen LogP contribution in [-0.2, 0) is 4.74 Å². The van der Waals surface area contributed by atoms with Gasteiger partial charge in [-0.25, -0.2) is 9.78 Å². The number of carbonyl (C=O) groups excluding carboxylic acids is 1. The van der Waals surface area contributed by atoms with Gasteiger partial charge in [0.1, 0.15) is 17.1 Å². The van der Waals surface area contributed by atoms with Crippen molar-refractivity contribution >= 4 is 17.3 Å². The SMILES string of the molecule is COC(=O)c1ccc(-c2cncc(-c3cc(O)cs3)n2)cc1OC. The van der Waals surface area contributed by atoms with Gasteiger partial charge in [0.15, 0.2) is 0 Å². The Labute approximate surface area is 142 Å². The van der Waals surface area contributed by atoms with Gasteiger partial charge in [0.05, 0.1) is 42.9 Å². The van der Waals surface area contributed by atoms with Crippen molar-refractivity contribution in [1.29, 1.82) is 0 Å². The molecule has 2 aromatic heterocycles. The molecule has 0 unspecified atom stereocenters. The van der Waals surface area contributed by atoms with Crippen LogP contribution >= 0.6 is 11.3 Å². The molecule has 0 spiro atoms. The minimum Gasteiger partial charge on any atom is -0.507 e. The van der Waals surface area contributed by atoms with Crippen LogP contribution in [0.25, 0.3) is 21.8 Å². The average molecular weight is 342 g/mol. The van der Waals surface area contributed by atoms with Crippen molar-refractivity contribution in [2.75, 3.05) is 14.2 Å². The highest BCUT2D eigenvalue weighted by Gasteiger charge is 2.15. The quantitative estimate of drug-likeness (QED) is 0.732. The highest BCUT2D eigenvalue weighted by atomic mass is 32.1. The Kier molecular flexibility index (Phi) is 4.43. The van der Waals surface area contributed by atoms with Crippen LogP contribution < -0.4 is 4.74 Å². The lowest BCUT2D eigenvalue weighted by Crippen LogP contribution is -2.04. The van der Waals surface area contributed by atoms with Crippen LogP contribution in [-0.4, -0.2) is 35.3 Å². The molecule has 1 N–H and O–H groups in total. The Morgan fingerprint density at radius 2 is 1.96 bits per heavy atom. The van der Waals surface area contributed by atoms with Crippen LogP contribution in [0.3, 0.4) is 0 Å². The molecule has 0 saturated heterocycles. The third-order valence-electron chi connectivity index (χ3n) is 3.38. The lowest BCUT2D eigenvalue weighted by Gasteiger charge is -2.09. The van der Waals surface area contributed by atoms with Crippen LogP contribution in [0.4, 0.5) is 0 Å². The first-order chi connectivity index (χ1) is 11.6. The van der Waals surface area contributed by atoms with Gasteiger partial charge in [-0.3, -0.25) is 4.98 Å². The summed E-state index contributed by atoms with van der Waals surface area (Å²) >= 11 is 1.39. The number of nitrogens with zero attached hydrogens (tertiary/aromatic N) is 2. The molecule has 24 heavy (non-hydrogen) atoms. The largest absolute Gasteiger partial charge is 0.507 e. The van der Waals surface area contributed by atoms with Crippen molar-refractivity contribution < 1.29 is 19.4 Å². The third-order valence-corrected chi connectivity index (χ3v) is 4.32. The monoisotopic (exact) mass is 342 g/mol. The lowest BCUT2D eigenvalue weighted by atomic mass is 10.1. The molecule has 3 rings (SSSR count). The second-order valence-corrected chi connectivity index (χ2v) is 5.78. The molecule has 0 fully saturated rings. The Morgan fingerprint density at radius 3 is 2.62 bits per heavy atom. The van der Waals surface area contributed by atoms with Gasteiger partial charge in [0, 0.05) is 17.0 Å². The Morgan fingerprint density at radius 1 is 1.17 bits per heavy atom. The van der Waals surface area contributed by atoms with Crippen LogP contribution in [0.5, 0.6) is 11.5 Å². The summed E-state index contributed by atoms with van der Waals surface area (Å²) in [6.45, 7) is 0. The fourth-order valence-corrected chi connectivity index (χ4v) is 2.94. The molecule has 2 heterocycles. The number of methoxy groups -OCH3 is 2. The number of carbonyl (C=O) groups is 1. The molecule has 0 aliphatic carbocycles. The molecule has 3 aromatic rings. The molecule has 0 aliphatic rings. The molecule has 0 atom stereocenters. The van der Waals surface area contributed by atoms with Gasteiger partial charge in [-0.05, 0) is 12.1 Å². The number of rotatable bonds is 4. The second kappa shape index (κ2) is 6.67. The molecule has 0 bridgehead atoms. The van der Waals surface area contributed by atoms with Crippen molar-refractivity contribution in [2.45, 2.75) is 0 Å². The molecule has 0 saturated carbocycles. The van der Waals surface area contributed by atoms with E-state index in [1.54, 1.807) is 42.0 Å². The number of benzene rings is 1. The smallest absolute Gasteiger partial charge is 0.341 e. The van der Waals surface area contributed by atoms with E-state index < -0.39 is 5.97 Å². The molecule has 6 nitrogen and oxygen atoms in total. The molecular formula is C17H14N2O4S. The molecule has 0 radical (unpaired) electrons. The highest BCUT2D eigenvalue weighted by Crippen LogP contribution is 2.31. The molecule has 1 aromatic carbocycles. The summed E-state index contributed by atoms with van der Waals surface area (Å²) in [6.07, 6.45) is 3.26. The number of aromatic hydroxyl groups is 1. The van der Waals surface area contributed by atoms with E-state index in [-0.39, 0.29) is 5.75 Å². The summed E-state index contributed by atoms with van der Waals surface area (Å²) in [7, 11) is 2.81. The van der Waals surface area contributed by atoms with Gasteiger partial charge in [-0.2, -0.15) is 0 Å². The van der Waals surface area contributed by atoms with Gasteiger partial charge in [0.25, 0.3) is 0 Å². The van der Waals surface area contributed by atoms with Crippen LogP contribution in [0.2, 0.25) is 0 Å². The summed E-state index contributed by atoms with van der Waals surface area (Å²) in [5.41, 5.74) is 2.40. The Bertz CT molecular complexity index is 892. The molecular weight excluding hydrogens is 328 g/mol. The zero-order chi connectivity index (χ0) is 17.1. The number of hydrogen-bond donors (Lipinski definition) is 1. The van der Waals surface area contributed by atoms with Gasteiger partial charge in [0.2, 0.25) is 0 Å². The minimum atomic E-state index is -0.465. The lowest BCUT2D eigenvalue weighted by molar-refractivity contribution is 0.0597. The number of ether oxygens (including phenoxy) is 2. The average Bonchev–Trinajstić information content (AvgIpc) is 3.07. The molecule has 122 valence electrons. The molecule has 0 amide bonds. The first kappa shape index (κ1) is 15.9. The van der Waals surface area contributed by atoms with E-state index in [2.05, 4.69) is 9.97 Å². The van der Waals surface area contributed by atoms with E-state index in [4.69, 9.17) is 9.47 Å². The summed E-state index contributed by atoms with van der Waals surface area (Å²) in [5, 5.41) is 11.1. The molecule has 7 heteroatoms. The zero-order valence-electron chi connectivity index (χ0n) is 13.0. The van der Waals surface area contributed by atoms with E-state index >= 15 is 0 Å². The maximum atomic E-state index is 11.7. The number of thiophene rings is 1. The Balaban J connectivity index is 2.01. The normalized spacial score (nSPS) is 10.4. The number of aromatic nitrogens is 2. The fourth-order valence-electron chi connectivity index (χ4n) is 2.21. The maximum absolute atomic E-state index is 11.7. The maximum Gasteiger partial charge on any atom is 0.341 e. The zero-order valence-corrected chi connectivity index (χ0v) is 13.8. The van der Waals surface area contributed by atoms with Crippen molar-refractivity contribution in [3.05, 3.63) is 47.6 Å². The first-order valence-electron chi connectivity index (χ1n) is 6.99. The van der Waals surface area contributed by atoms with Gasteiger partial charge in [-0.1, -0.05) is 6.07 Å². The predicted octanol–water partition coefficient (Wildman–Crippen LogP) is 3.37. The van der Waals surface area contributed by atoms with E-state index in [9.17, 15) is 9.90 Å². The van der Waals surface area contributed by atoms with Gasteiger partial charge in [-0.15, -0.1) is 11.3 Å².